The number of halogens is 2. The van der Waals surface area contributed by atoms with Gasteiger partial charge in [0.05, 0.1) is 89.9 Å². The molecule has 0 bridgehead atoms. The molecule has 0 amide bonds. The number of nitrogens with zero attached hydrogens (tertiary/aromatic N) is 8. The second-order valence-electron chi connectivity index (χ2n) is 42.9. The number of unbranched alkanes of at least 4 members (excludes halogenated alkanes) is 4. The number of carbonyl (C=O) groups is 4. The van der Waals surface area contributed by atoms with Crippen LogP contribution in [-0.2, 0) is 115 Å². The van der Waals surface area contributed by atoms with E-state index in [1.807, 2.05) is 20.8 Å². The number of methoxy groups -OCH3 is 2. The molecular weight excluding hydrogens is 1900 g/mol. The third kappa shape index (κ3) is 30.0. The smallest absolute Gasteiger partial charge is 0.325 e. The molecule has 1 saturated carbocycles. The number of carboxylic acids is 2. The van der Waals surface area contributed by atoms with Gasteiger partial charge in [-0.05, 0) is 301 Å². The second-order valence-corrected chi connectivity index (χ2v) is 42.9. The molecule has 6 N–H and O–H groups in total. The highest BCUT2D eigenvalue weighted by atomic mass is 19.1. The van der Waals surface area contributed by atoms with E-state index in [2.05, 4.69) is 114 Å². The highest BCUT2D eigenvalue weighted by Gasteiger charge is 2.43. The lowest BCUT2D eigenvalue weighted by molar-refractivity contribution is -0.204. The number of ketones is 2. The first kappa shape index (κ1) is 110. The molecule has 0 spiro atoms. The molecule has 10 atom stereocenters. The number of likely N-dealkylation sites (tertiary alicyclic amines) is 4. The summed E-state index contributed by atoms with van der Waals surface area (Å²) in [6.45, 7) is 25.6. The fourth-order valence-corrected chi connectivity index (χ4v) is 23.0. The zero-order valence-corrected chi connectivity index (χ0v) is 88.7. The number of anilines is 4. The molecule has 11 aliphatic heterocycles. The van der Waals surface area contributed by atoms with E-state index in [-0.39, 0.29) is 71.2 Å². The van der Waals surface area contributed by atoms with E-state index < -0.39 is 36.1 Å². The monoisotopic (exact) mass is 2050 g/mol. The van der Waals surface area contributed by atoms with Crippen molar-refractivity contribution in [1.82, 2.24) is 39.5 Å². The minimum absolute atomic E-state index is 0.00522. The number of benzene rings is 4. The highest BCUT2D eigenvalue weighted by molar-refractivity contribution is 5.84. The van der Waals surface area contributed by atoms with Gasteiger partial charge < -0.3 is 83.6 Å². The summed E-state index contributed by atoms with van der Waals surface area (Å²) in [4.78, 5) is 78.1. The standard InChI is InChI=1S/C31H42FN3O5.C29H38FN3O4.2C29H39N3O4/c1-21(36)29(27-15-23(32)10-9-22(27)18-40-31(2)19-38-20-31)35-13-11-25(17-35)39-14-5-4-7-24-16-28(37-3)26-8-6-12-33-30(26)34-24;1-19(34)28(25-16-20(30)8-11-26(25)37-22-9-10-22)33-14-12-23(18-33)36-15-4-3-6-21-17-27(35-2)24-7-5-13-31-29(24)32-21;2*1-20-7-10-25(22-12-16-35-19-22)26(17-20)27(29(33)34)32-14-11-24(18-32)36-15-3-2-6-23-9-8-21-5-4-13-30-28(21)31-23/h9-10,15-16,25,29H,4-8,11-14,17-20H2,1-3H3,(H,33,34);8,11,16-17,22-23,28H,3-7,9-10,12-15,18H2,1-2H3,(H,31,32);2*7-10,17,22,24,27H,2-6,11-16,18-19H2,1H3,(H,30,31)(H,33,34)/t25-,29-;23-,28-;22-,24+,27-;22-,24-,27+/m1101/s1. The number of fused-ring (bicyclic) bond motifs is 4. The number of carbonyl (C=O) groups excluding carboxylic acids is 2. The summed E-state index contributed by atoms with van der Waals surface area (Å²) >= 11 is 0. The number of ether oxygens (including phenoxy) is 11. The zero-order chi connectivity index (χ0) is 104. The minimum atomic E-state index is -0.784. The molecule has 0 radical (unpaired) electrons. The van der Waals surface area contributed by atoms with Crippen molar-refractivity contribution in [3.05, 3.63) is 216 Å². The summed E-state index contributed by atoms with van der Waals surface area (Å²) in [6.07, 6.45) is 28.1. The van der Waals surface area contributed by atoms with Crippen LogP contribution in [0.2, 0.25) is 0 Å². The summed E-state index contributed by atoms with van der Waals surface area (Å²) in [7, 11) is 3.44. The molecule has 4 aromatic carbocycles. The molecule has 8 aromatic rings. The van der Waals surface area contributed by atoms with Crippen LogP contribution in [-0.4, -0.2) is 268 Å². The van der Waals surface area contributed by atoms with Crippen LogP contribution in [0.5, 0.6) is 17.2 Å². The first-order valence-electron chi connectivity index (χ1n) is 55.3. The third-order valence-electron chi connectivity index (χ3n) is 31.2. The molecule has 29 nitrogen and oxygen atoms in total. The van der Waals surface area contributed by atoms with E-state index in [1.54, 1.807) is 40.2 Å². The van der Waals surface area contributed by atoms with Crippen molar-refractivity contribution in [3.63, 3.8) is 0 Å². The second kappa shape index (κ2) is 53.8. The van der Waals surface area contributed by atoms with Crippen molar-refractivity contribution in [1.29, 1.82) is 0 Å². The quantitative estimate of drug-likeness (QED) is 0.0193. The van der Waals surface area contributed by atoms with Gasteiger partial charge in [0.15, 0.2) is 11.6 Å². The molecule has 12 aliphatic rings. The SMILES string of the molecule is COc1cc(CCCCO[C@@H]2CCN([C@H](C(C)=O)c3cc(F)ccc3COC3(C)COC3)C2)nc2c1CCCN2.COc1cc(CCCCO[C@@H]2CCN([C@H](C(C)=O)c3cc(F)ccc3OC3CC3)C2)nc2c1CCCN2.Cc1ccc([C@@H]2CCOC2)c([C@@H](C(=O)O)N2CC[C@@H](OCCCCc3ccc4c(n3)NCCC4)C2)c1.Cc1ccc([C@H]2CCOC2)c([C@@H](C(=O)O)N2CC[C@@H](OCCCCc3ccc4c(n3)NCCC4)C2)c1. The van der Waals surface area contributed by atoms with Crippen LogP contribution in [0.4, 0.5) is 32.1 Å². The fourth-order valence-electron chi connectivity index (χ4n) is 23.0. The average molecular weight is 2050 g/mol. The van der Waals surface area contributed by atoms with Crippen molar-refractivity contribution in [2.24, 2.45) is 0 Å². The van der Waals surface area contributed by atoms with E-state index in [1.165, 1.54) is 59.4 Å². The topological polar surface area (TPSA) is 323 Å². The Morgan fingerprint density at radius 3 is 1.21 bits per heavy atom. The molecule has 31 heteroatoms. The maximum Gasteiger partial charge on any atom is 0.325 e. The van der Waals surface area contributed by atoms with Gasteiger partial charge in [0, 0.05) is 182 Å². The number of Topliss-reactive ketones (excluding diaryl/α,β-unsaturated/α-hetero) is 2. The number of nitrogens with one attached hydrogen (secondary N) is 4. The Kier molecular flexibility index (Phi) is 39.7. The third-order valence-corrected chi connectivity index (χ3v) is 31.2. The molecule has 1 aliphatic carbocycles. The lowest BCUT2D eigenvalue weighted by Crippen LogP contribution is -2.49. The first-order chi connectivity index (χ1) is 72.5. The van der Waals surface area contributed by atoms with Crippen LogP contribution < -0.4 is 35.5 Å². The Morgan fingerprint density at radius 1 is 0.423 bits per heavy atom. The van der Waals surface area contributed by atoms with Gasteiger partial charge in [0.25, 0.3) is 0 Å². The van der Waals surface area contributed by atoms with E-state index >= 15 is 0 Å². The number of aromatic nitrogens is 4. The lowest BCUT2D eigenvalue weighted by Gasteiger charge is -2.38. The van der Waals surface area contributed by atoms with Gasteiger partial charge >= 0.3 is 11.9 Å². The number of aryl methyl sites for hydroxylation is 8. The summed E-state index contributed by atoms with van der Waals surface area (Å²) in [5, 5.41) is 34.1. The number of rotatable bonds is 45. The molecule has 149 heavy (non-hydrogen) atoms. The Hall–Kier alpha value is -10.3. The summed E-state index contributed by atoms with van der Waals surface area (Å²) in [5.41, 5.74) is 17.5. The van der Waals surface area contributed by atoms with Gasteiger partial charge in [-0.2, -0.15) is 0 Å². The molecule has 4 aromatic heterocycles. The van der Waals surface area contributed by atoms with E-state index in [4.69, 9.17) is 72.0 Å². The minimum Gasteiger partial charge on any atom is -0.496 e. The maximum atomic E-state index is 14.3. The Bertz CT molecular complexity index is 5580. The van der Waals surface area contributed by atoms with Crippen LogP contribution in [0, 0.1) is 25.5 Å². The summed E-state index contributed by atoms with van der Waals surface area (Å²) < 4.78 is 93.1. The van der Waals surface area contributed by atoms with Gasteiger partial charge in [-0.25, -0.2) is 28.7 Å². The van der Waals surface area contributed by atoms with Crippen LogP contribution in [0.25, 0.3) is 0 Å². The van der Waals surface area contributed by atoms with Gasteiger partial charge in [-0.3, -0.25) is 38.8 Å². The number of carboxylic acid groups (broad SMARTS) is 2. The molecule has 8 fully saturated rings. The fraction of sp³-hybridized carbons (Fsp3) is 0.593. The molecule has 20 rings (SSSR count). The Balaban J connectivity index is 0.000000135. The Morgan fingerprint density at radius 2 is 0.819 bits per heavy atom. The van der Waals surface area contributed by atoms with Crippen LogP contribution in [0.1, 0.15) is 280 Å². The van der Waals surface area contributed by atoms with Gasteiger partial charge in [0.2, 0.25) is 0 Å². The summed E-state index contributed by atoms with van der Waals surface area (Å²) in [5.74, 6) is 4.80. The predicted molar refractivity (Wildman–Crippen MR) is 570 cm³/mol. The normalized spacial score (nSPS) is 21.6. The molecule has 7 saturated heterocycles. The average Bonchev–Trinajstić information content (AvgIpc) is 1.71. The van der Waals surface area contributed by atoms with Crippen molar-refractivity contribution < 1.29 is 90.3 Å². The van der Waals surface area contributed by atoms with Crippen molar-refractivity contribution in [2.75, 3.05) is 180 Å². The van der Waals surface area contributed by atoms with E-state index in [9.17, 15) is 38.2 Å². The van der Waals surface area contributed by atoms with Crippen LogP contribution in [0.3, 0.4) is 0 Å². The number of hydrogen-bond acceptors (Lipinski definition) is 27. The van der Waals surface area contributed by atoms with Crippen molar-refractivity contribution >= 4 is 46.8 Å². The lowest BCUT2D eigenvalue weighted by atomic mass is 9.88. The first-order valence-corrected chi connectivity index (χ1v) is 55.3. The van der Waals surface area contributed by atoms with E-state index in [0.717, 1.165) is 329 Å². The Labute approximate surface area is 878 Å². The van der Waals surface area contributed by atoms with Gasteiger partial charge in [-0.1, -0.05) is 65.7 Å². The zero-order valence-electron chi connectivity index (χ0n) is 88.7. The molecule has 0 unspecified atom stereocenters. The maximum absolute atomic E-state index is 14.3. The summed E-state index contributed by atoms with van der Waals surface area (Å²) in [6, 6.07) is 32.2. The van der Waals surface area contributed by atoms with Crippen molar-refractivity contribution in [3.8, 4) is 17.2 Å². The van der Waals surface area contributed by atoms with Crippen molar-refractivity contribution in [2.45, 2.75) is 293 Å². The van der Waals surface area contributed by atoms with Crippen LogP contribution in [0.15, 0.2) is 109 Å². The van der Waals surface area contributed by atoms with Crippen LogP contribution >= 0.6 is 0 Å². The van der Waals surface area contributed by atoms with E-state index in [0.29, 0.717) is 103 Å². The molecule has 15 heterocycles. The largest absolute Gasteiger partial charge is 0.496 e. The predicted octanol–water partition coefficient (Wildman–Crippen LogP) is 18.5. The number of pyridine rings is 4. The van der Waals surface area contributed by atoms with Gasteiger partial charge in [-0.15, -0.1) is 0 Å². The highest BCUT2D eigenvalue weighted by Crippen LogP contribution is 2.44. The number of aliphatic carboxylic acids is 2. The van der Waals surface area contributed by atoms with Gasteiger partial charge in [0.1, 0.15) is 69.8 Å². The molecule has 806 valence electrons. The number of hydrogen-bond donors (Lipinski definition) is 6. The molecular formula is C118H158F2N12O17.